The highest BCUT2D eigenvalue weighted by Gasteiger charge is 2.19. The minimum absolute atomic E-state index is 0.146. The number of hydrogen-bond donors (Lipinski definition) is 0. The maximum Gasteiger partial charge on any atom is 0.310 e. The summed E-state index contributed by atoms with van der Waals surface area (Å²) in [5.74, 6) is -0.518. The molecule has 0 radical (unpaired) electrons. The lowest BCUT2D eigenvalue weighted by atomic mass is 10.00. The lowest BCUT2D eigenvalue weighted by molar-refractivity contribution is -0.151. The highest BCUT2D eigenvalue weighted by atomic mass is 16.5. The number of nitrogens with zero attached hydrogens (tertiary/aromatic N) is 1. The van der Waals surface area contributed by atoms with E-state index in [0.29, 0.717) is 13.1 Å². The molecule has 0 unspecified atom stereocenters. The van der Waals surface area contributed by atoms with Gasteiger partial charge < -0.3 is 9.64 Å². The Labute approximate surface area is 160 Å². The molecule has 1 heterocycles. The van der Waals surface area contributed by atoms with E-state index in [4.69, 9.17) is 4.74 Å². The monoisotopic (exact) mass is 363 g/mol. The van der Waals surface area contributed by atoms with E-state index in [1.165, 1.54) is 16.7 Å². The van der Waals surface area contributed by atoms with Gasteiger partial charge >= 0.3 is 5.97 Å². The second-order valence-corrected chi connectivity index (χ2v) is 6.94. The Bertz CT molecular complexity index is 855. The van der Waals surface area contributed by atoms with Gasteiger partial charge in [-0.1, -0.05) is 54.6 Å². The summed E-state index contributed by atoms with van der Waals surface area (Å²) >= 11 is 0. The van der Waals surface area contributed by atoms with Gasteiger partial charge in [0.1, 0.15) is 0 Å². The Hall–Kier alpha value is -2.88. The third-order valence-corrected chi connectivity index (χ3v) is 4.98. The topological polar surface area (TPSA) is 46.6 Å². The number of rotatable bonds is 5. The van der Waals surface area contributed by atoms with Gasteiger partial charge in [0.15, 0.2) is 6.61 Å². The first-order valence-corrected chi connectivity index (χ1v) is 9.27. The number of esters is 1. The van der Waals surface area contributed by atoms with Crippen molar-refractivity contribution in [2.75, 3.05) is 19.7 Å². The van der Waals surface area contributed by atoms with Crippen molar-refractivity contribution in [1.82, 2.24) is 4.90 Å². The van der Waals surface area contributed by atoms with Crippen LogP contribution in [0.15, 0.2) is 54.6 Å². The van der Waals surface area contributed by atoms with Crippen LogP contribution in [-0.2, 0) is 20.7 Å². The van der Waals surface area contributed by atoms with Crippen LogP contribution in [0.5, 0.6) is 0 Å². The van der Waals surface area contributed by atoms with Gasteiger partial charge in [0.2, 0.25) is 0 Å². The molecule has 0 aromatic heterocycles. The van der Waals surface area contributed by atoms with Crippen LogP contribution in [0.25, 0.3) is 5.57 Å². The molecule has 140 valence electrons. The molecule has 2 aromatic carbocycles. The van der Waals surface area contributed by atoms with Crippen molar-refractivity contribution in [1.29, 1.82) is 0 Å². The van der Waals surface area contributed by atoms with Gasteiger partial charge in [-0.2, -0.15) is 0 Å². The van der Waals surface area contributed by atoms with Gasteiger partial charge in [0.05, 0.1) is 6.42 Å². The number of ether oxygens (including phenoxy) is 1. The summed E-state index contributed by atoms with van der Waals surface area (Å²) in [5.41, 5.74) is 5.70. The molecule has 4 nitrogen and oxygen atoms in total. The summed E-state index contributed by atoms with van der Waals surface area (Å²) in [6.45, 7) is 5.05. The van der Waals surface area contributed by atoms with Crippen LogP contribution < -0.4 is 0 Å². The van der Waals surface area contributed by atoms with E-state index in [2.05, 4.69) is 18.2 Å². The smallest absolute Gasteiger partial charge is 0.310 e. The normalized spacial score (nSPS) is 13.9. The zero-order chi connectivity index (χ0) is 19.2. The molecule has 1 aliphatic rings. The Morgan fingerprint density at radius 2 is 1.81 bits per heavy atom. The molecule has 1 aliphatic heterocycles. The zero-order valence-electron chi connectivity index (χ0n) is 15.9. The molecule has 27 heavy (non-hydrogen) atoms. The summed E-state index contributed by atoms with van der Waals surface area (Å²) in [6, 6.07) is 16.1. The molecule has 0 atom stereocenters. The average molecular weight is 363 g/mol. The Kier molecular flexibility index (Phi) is 6.07. The van der Waals surface area contributed by atoms with E-state index in [-0.39, 0.29) is 24.9 Å². The van der Waals surface area contributed by atoms with E-state index in [9.17, 15) is 9.59 Å². The average Bonchev–Trinajstić information content (AvgIpc) is 2.70. The summed E-state index contributed by atoms with van der Waals surface area (Å²) in [4.78, 5) is 26.1. The highest BCUT2D eigenvalue weighted by Crippen LogP contribution is 2.22. The van der Waals surface area contributed by atoms with Crippen LogP contribution in [0.2, 0.25) is 0 Å². The fourth-order valence-electron chi connectivity index (χ4n) is 3.17. The molecule has 0 spiro atoms. The molecular formula is C23H25NO3. The van der Waals surface area contributed by atoms with Crippen molar-refractivity contribution in [2.45, 2.75) is 26.7 Å². The van der Waals surface area contributed by atoms with Crippen molar-refractivity contribution in [3.05, 3.63) is 76.9 Å². The highest BCUT2D eigenvalue weighted by molar-refractivity contribution is 5.82. The number of carbonyl (C=O) groups excluding carboxylic acids is 2. The van der Waals surface area contributed by atoms with Crippen LogP contribution in [-0.4, -0.2) is 36.5 Å². The lowest BCUT2D eigenvalue weighted by Gasteiger charge is -2.26. The molecule has 4 heteroatoms. The number of benzene rings is 2. The van der Waals surface area contributed by atoms with Gasteiger partial charge in [-0.3, -0.25) is 9.59 Å². The predicted molar refractivity (Wildman–Crippen MR) is 106 cm³/mol. The molecule has 3 rings (SSSR count). The van der Waals surface area contributed by atoms with E-state index in [0.717, 1.165) is 17.5 Å². The second kappa shape index (κ2) is 8.67. The van der Waals surface area contributed by atoms with Gasteiger partial charge in [0, 0.05) is 13.1 Å². The Morgan fingerprint density at radius 3 is 2.48 bits per heavy atom. The van der Waals surface area contributed by atoms with Crippen LogP contribution in [0.4, 0.5) is 0 Å². The number of aryl methyl sites for hydroxylation is 2. The quantitative estimate of drug-likeness (QED) is 0.761. The summed E-state index contributed by atoms with van der Waals surface area (Å²) in [6.07, 6.45) is 3.08. The maximum atomic E-state index is 12.3. The molecule has 2 aromatic rings. The van der Waals surface area contributed by atoms with Crippen LogP contribution in [0.1, 0.15) is 28.7 Å². The third-order valence-electron chi connectivity index (χ3n) is 4.98. The largest absolute Gasteiger partial charge is 0.455 e. The van der Waals surface area contributed by atoms with Crippen molar-refractivity contribution in [3.63, 3.8) is 0 Å². The molecule has 0 fully saturated rings. The van der Waals surface area contributed by atoms with E-state index in [1.54, 1.807) is 4.90 Å². The van der Waals surface area contributed by atoms with Crippen molar-refractivity contribution in [2.24, 2.45) is 0 Å². The molecule has 0 aliphatic carbocycles. The minimum Gasteiger partial charge on any atom is -0.455 e. The van der Waals surface area contributed by atoms with Crippen molar-refractivity contribution < 1.29 is 14.3 Å². The van der Waals surface area contributed by atoms with Crippen molar-refractivity contribution >= 4 is 17.4 Å². The number of carbonyl (C=O) groups is 2. The molecule has 0 saturated carbocycles. The third kappa shape index (κ3) is 5.07. The van der Waals surface area contributed by atoms with Gasteiger partial charge in [0.25, 0.3) is 5.91 Å². The van der Waals surface area contributed by atoms with Crippen LogP contribution in [0.3, 0.4) is 0 Å². The molecule has 0 bridgehead atoms. The van der Waals surface area contributed by atoms with E-state index < -0.39 is 0 Å². The number of amides is 1. The molecule has 0 N–H and O–H groups in total. The fraction of sp³-hybridized carbons (Fsp3) is 0.304. The lowest BCUT2D eigenvalue weighted by Crippen LogP contribution is -2.37. The first-order chi connectivity index (χ1) is 13.0. The molecular weight excluding hydrogens is 338 g/mol. The summed E-state index contributed by atoms with van der Waals surface area (Å²) < 4.78 is 5.19. The fourth-order valence-corrected chi connectivity index (χ4v) is 3.17. The van der Waals surface area contributed by atoms with E-state index in [1.807, 2.05) is 50.2 Å². The Morgan fingerprint density at radius 1 is 1.04 bits per heavy atom. The zero-order valence-corrected chi connectivity index (χ0v) is 15.9. The van der Waals surface area contributed by atoms with E-state index >= 15 is 0 Å². The summed E-state index contributed by atoms with van der Waals surface area (Å²) in [7, 11) is 0. The number of hydrogen-bond acceptors (Lipinski definition) is 3. The van der Waals surface area contributed by atoms with Crippen LogP contribution >= 0.6 is 0 Å². The predicted octanol–water partition coefficient (Wildman–Crippen LogP) is 3.71. The second-order valence-electron chi connectivity index (χ2n) is 6.94. The van der Waals surface area contributed by atoms with Crippen LogP contribution in [0, 0.1) is 13.8 Å². The maximum absolute atomic E-state index is 12.3. The Balaban J connectivity index is 1.47. The molecule has 1 amide bonds. The van der Waals surface area contributed by atoms with Gasteiger partial charge in [-0.15, -0.1) is 0 Å². The standard InChI is InChI=1S/C23H25NO3/c1-17-8-9-19(14-18(17)2)15-23(26)27-16-22(25)24-12-10-21(11-13-24)20-6-4-3-5-7-20/h3-10,14H,11-13,15-16H2,1-2H3. The first kappa shape index (κ1) is 18.9. The van der Waals surface area contributed by atoms with Crippen molar-refractivity contribution in [3.8, 4) is 0 Å². The SMILES string of the molecule is Cc1ccc(CC(=O)OCC(=O)N2CC=C(c3ccccc3)CC2)cc1C. The summed E-state index contributed by atoms with van der Waals surface area (Å²) in [5, 5.41) is 0. The minimum atomic E-state index is -0.371. The van der Waals surface area contributed by atoms with Gasteiger partial charge in [-0.25, -0.2) is 0 Å². The van der Waals surface area contributed by atoms with Gasteiger partial charge in [-0.05, 0) is 48.1 Å². The first-order valence-electron chi connectivity index (χ1n) is 9.27. The molecule has 0 saturated heterocycles.